The maximum atomic E-state index is 11.2. The number of hydrogen-bond donors (Lipinski definition) is 8. The third kappa shape index (κ3) is 13.4. The van der Waals surface area contributed by atoms with E-state index in [9.17, 15) is 25.5 Å². The number of aliphatic imine (C=N–C) groups is 1. The van der Waals surface area contributed by atoms with Crippen molar-refractivity contribution < 1.29 is 35.0 Å². The maximum Gasteiger partial charge on any atom is 0.208 e. The van der Waals surface area contributed by atoms with Crippen molar-refractivity contribution in [2.24, 2.45) is 28.5 Å². The molecule has 11 N–H and O–H groups in total. The van der Waals surface area contributed by atoms with Crippen molar-refractivity contribution >= 4 is 11.5 Å². The number of phenolic OH excluding ortho intramolecular Hbond substituents is 1. The number of nitrogen functional groups attached to an aromatic ring is 1. The minimum atomic E-state index is -0.935. The van der Waals surface area contributed by atoms with E-state index in [1.165, 1.54) is 25.2 Å². The van der Waals surface area contributed by atoms with Crippen LogP contribution in [0.15, 0.2) is 64.9 Å². The number of phenols is 1. The van der Waals surface area contributed by atoms with Crippen molar-refractivity contribution in [1.29, 1.82) is 0 Å². The van der Waals surface area contributed by atoms with E-state index >= 15 is 0 Å². The van der Waals surface area contributed by atoms with Gasteiger partial charge in [0.15, 0.2) is 17.6 Å². The third-order valence-corrected chi connectivity index (χ3v) is 13.1. The topological polar surface area (TPSA) is 212 Å². The van der Waals surface area contributed by atoms with Gasteiger partial charge in [0.05, 0.1) is 24.2 Å². The molecule has 6 rings (SSSR count). The summed E-state index contributed by atoms with van der Waals surface area (Å²) in [5.41, 5.74) is 16.9. The highest BCUT2D eigenvalue weighted by atomic mass is 16.5. The standard InChI is InChI=1S/C48H71N5O7/c1-31(55)27-51-28-41-39-9-6-7-34(39)14-19-42-40(41)26-43(53-42)45(58)30-59-47-23-32(13-20-44(47)57)12-18-38-25-35(29-54)46(60-38)10-5-3-2-4-8-36(49)15-17-37(56)16-11-33-21-22-52-48(50)24-33/h13,20-26,31,34,36-37,39,41,45-46,51,54-56,58,60H,2-12,14-19,27-30,49H2,1H3,(H2-,50,52,57)/p+1. The van der Waals surface area contributed by atoms with E-state index in [1.54, 1.807) is 19.2 Å². The van der Waals surface area contributed by atoms with Gasteiger partial charge in [0.2, 0.25) is 5.70 Å². The summed E-state index contributed by atoms with van der Waals surface area (Å²) in [5, 5.41) is 55.7. The quantitative estimate of drug-likeness (QED) is 0.0355. The zero-order valence-electron chi connectivity index (χ0n) is 35.7. The van der Waals surface area contributed by atoms with Crippen molar-refractivity contribution in [3.8, 4) is 11.5 Å². The number of benzene rings is 1. The predicted octanol–water partition coefficient (Wildman–Crippen LogP) is 5.55. The van der Waals surface area contributed by atoms with Gasteiger partial charge in [-0.05, 0) is 118 Å². The van der Waals surface area contributed by atoms with Crippen LogP contribution >= 0.6 is 0 Å². The number of rotatable bonds is 25. The molecule has 8 atom stereocenters. The van der Waals surface area contributed by atoms with Crippen molar-refractivity contribution in [2.75, 3.05) is 32.0 Å². The third-order valence-electron chi connectivity index (χ3n) is 13.1. The number of fused-ring (bicyclic) bond motifs is 2. The van der Waals surface area contributed by atoms with E-state index in [0.717, 1.165) is 99.3 Å². The van der Waals surface area contributed by atoms with Crippen LogP contribution in [0.5, 0.6) is 11.5 Å². The average molecular weight is 831 g/mol. The van der Waals surface area contributed by atoms with Crippen LogP contribution in [0.4, 0.5) is 5.82 Å². The zero-order valence-corrected chi connectivity index (χ0v) is 35.7. The normalized spacial score (nSPS) is 23.3. The molecule has 2 fully saturated rings. The molecule has 8 unspecified atom stereocenters. The number of unbranched alkanes of at least 4 members (excludes halogenated alkanes) is 3. The average Bonchev–Trinajstić information content (AvgIpc) is 3.97. The molecular formula is C48H72N5O7+. The largest absolute Gasteiger partial charge is 0.504 e. The zero-order chi connectivity index (χ0) is 42.4. The van der Waals surface area contributed by atoms with Gasteiger partial charge in [-0.1, -0.05) is 38.2 Å². The molecule has 0 amide bonds. The van der Waals surface area contributed by atoms with Crippen LogP contribution in [0.25, 0.3) is 0 Å². The molecule has 0 bridgehead atoms. The van der Waals surface area contributed by atoms with Gasteiger partial charge in [-0.15, -0.1) is 16.6 Å². The Bertz CT molecular complexity index is 1730. The highest BCUT2D eigenvalue weighted by Gasteiger charge is 2.49. The van der Waals surface area contributed by atoms with E-state index < -0.39 is 12.2 Å². The molecule has 0 spiro atoms. The number of hydrogen-bond acceptors (Lipinski definition) is 11. The second kappa shape index (κ2) is 23.0. The first-order chi connectivity index (χ1) is 29.1. The van der Waals surface area contributed by atoms with Crippen LogP contribution < -0.4 is 21.5 Å². The number of anilines is 1. The number of aryl methyl sites for hydroxylation is 2. The van der Waals surface area contributed by atoms with Crippen LogP contribution in [0.2, 0.25) is 0 Å². The minimum absolute atomic E-state index is 0.00261. The van der Waals surface area contributed by atoms with Crippen LogP contribution in [-0.2, 0) is 12.8 Å². The fourth-order valence-electron chi connectivity index (χ4n) is 9.70. The van der Waals surface area contributed by atoms with E-state index in [0.29, 0.717) is 67.2 Å². The lowest BCUT2D eigenvalue weighted by Crippen LogP contribution is -2.36. The van der Waals surface area contributed by atoms with E-state index in [4.69, 9.17) is 25.9 Å². The second-order valence-electron chi connectivity index (χ2n) is 17.8. The molecule has 1 aromatic carbocycles. The van der Waals surface area contributed by atoms with Gasteiger partial charge in [0, 0.05) is 44.8 Å². The number of allylic oxidation sites excluding steroid dienone is 1. The van der Waals surface area contributed by atoms with Crippen molar-refractivity contribution in [3.05, 3.63) is 83.1 Å². The summed E-state index contributed by atoms with van der Waals surface area (Å²) < 4.78 is 11.0. The number of aliphatic hydroxyl groups excluding tert-OH is 4. The Balaban J connectivity index is 0.880. The van der Waals surface area contributed by atoms with Crippen LogP contribution in [0.1, 0.15) is 114 Å². The Hall–Kier alpha value is -3.62. The summed E-state index contributed by atoms with van der Waals surface area (Å²) >= 11 is 0. The lowest BCUT2D eigenvalue weighted by atomic mass is 9.77. The molecule has 1 aromatic heterocycles. The van der Waals surface area contributed by atoms with Gasteiger partial charge in [-0.25, -0.2) is 4.98 Å². The van der Waals surface area contributed by atoms with E-state index in [1.807, 2.05) is 30.3 Å². The van der Waals surface area contributed by atoms with Gasteiger partial charge in [0.25, 0.3) is 0 Å². The van der Waals surface area contributed by atoms with E-state index in [2.05, 4.69) is 16.4 Å². The summed E-state index contributed by atoms with van der Waals surface area (Å²) in [6.07, 6.45) is 21.3. The predicted molar refractivity (Wildman–Crippen MR) is 237 cm³/mol. The molecule has 60 heavy (non-hydrogen) atoms. The molecule has 2 aliphatic heterocycles. The first-order valence-electron chi connectivity index (χ1n) is 22.8. The number of pyridine rings is 1. The Labute approximate surface area is 357 Å². The molecule has 2 aromatic rings. The maximum absolute atomic E-state index is 11.2. The van der Waals surface area contributed by atoms with Crippen LogP contribution in [0.3, 0.4) is 0 Å². The van der Waals surface area contributed by atoms with Gasteiger partial charge < -0.3 is 51.8 Å². The fourth-order valence-corrected chi connectivity index (χ4v) is 9.70. The molecule has 2 aliphatic carbocycles. The first kappa shape index (κ1) is 45.9. The SMILES string of the molecule is CC(O)CNCC1[C+]2C=C(C(O)COc3cc(CC[C-]4C=C(CO)C(CCCCCCC(N)CCC(O)CCc5ccnc(N)c5)[OH+]4)ccc3O)N=C2CCC2CCCC21. The summed E-state index contributed by atoms with van der Waals surface area (Å²) in [6, 6.07) is 9.23. The molecule has 3 heterocycles. The van der Waals surface area contributed by atoms with Crippen LogP contribution in [0, 0.1) is 29.8 Å². The summed E-state index contributed by atoms with van der Waals surface area (Å²) in [5.74, 6) is 3.67. The number of aromatic hydroxyl groups is 1. The number of aromatic nitrogens is 1. The summed E-state index contributed by atoms with van der Waals surface area (Å²) in [4.78, 5) is 8.94. The molecule has 2 saturated carbocycles. The second-order valence-corrected chi connectivity index (χ2v) is 17.8. The van der Waals surface area contributed by atoms with E-state index in [-0.39, 0.29) is 37.2 Å². The summed E-state index contributed by atoms with van der Waals surface area (Å²) in [6.45, 7) is 3.12. The first-order valence-corrected chi connectivity index (χ1v) is 22.8. The number of nitrogens with one attached hydrogen (secondary N) is 1. The highest BCUT2D eigenvalue weighted by molar-refractivity contribution is 6.03. The molecular weight excluding hydrogens is 759 g/mol. The molecule has 4 aliphatic rings. The Morgan fingerprint density at radius 2 is 1.83 bits per heavy atom. The fraction of sp³-hybridized carbons (Fsp3) is 0.625. The molecule has 330 valence electrons. The smallest absolute Gasteiger partial charge is 0.208 e. The van der Waals surface area contributed by atoms with Crippen molar-refractivity contribution in [1.82, 2.24) is 10.3 Å². The Morgan fingerprint density at radius 1 is 1.00 bits per heavy atom. The van der Waals surface area contributed by atoms with Crippen molar-refractivity contribution in [3.63, 3.8) is 0 Å². The van der Waals surface area contributed by atoms with Gasteiger partial charge in [-0.3, -0.25) is 0 Å². The number of aliphatic hydroxyl groups is 6. The molecule has 12 nitrogen and oxygen atoms in total. The number of nitrogens with zero attached hydrogens (tertiary/aromatic N) is 2. The minimum Gasteiger partial charge on any atom is -0.504 e. The van der Waals surface area contributed by atoms with Gasteiger partial charge >= 0.3 is 0 Å². The molecule has 0 saturated heterocycles. The Morgan fingerprint density at radius 3 is 2.65 bits per heavy atom. The monoisotopic (exact) mass is 831 g/mol. The van der Waals surface area contributed by atoms with Crippen LogP contribution in [-0.4, -0.2) is 97.7 Å². The summed E-state index contributed by atoms with van der Waals surface area (Å²) in [7, 11) is 0. The highest BCUT2D eigenvalue weighted by Crippen LogP contribution is 2.48. The Kier molecular flexibility index (Phi) is 17.6. The molecule has 12 heteroatoms. The number of nitrogens with two attached hydrogens (primary N) is 2. The lowest BCUT2D eigenvalue weighted by Gasteiger charge is -2.26. The lowest BCUT2D eigenvalue weighted by molar-refractivity contribution is -0.0552. The van der Waals surface area contributed by atoms with Gasteiger partial charge in [0.1, 0.15) is 36.2 Å². The van der Waals surface area contributed by atoms with Gasteiger partial charge in [-0.2, -0.15) is 0 Å². The van der Waals surface area contributed by atoms with Crippen molar-refractivity contribution in [2.45, 2.75) is 147 Å². The number of ether oxygens (including phenoxy) is 2. The molecule has 0 radical (unpaired) electrons.